The lowest BCUT2D eigenvalue weighted by Crippen LogP contribution is -2.39. The molecule has 1 aliphatic rings. The van der Waals surface area contributed by atoms with Crippen LogP contribution in [0.4, 0.5) is 8.78 Å². The van der Waals surface area contributed by atoms with Crippen molar-refractivity contribution in [3.63, 3.8) is 0 Å². The molecule has 3 heteroatoms. The van der Waals surface area contributed by atoms with Gasteiger partial charge in [0.1, 0.15) is 11.6 Å². The number of hydrogen-bond acceptors (Lipinski definition) is 1. The van der Waals surface area contributed by atoms with Crippen LogP contribution in [-0.4, -0.2) is 5.54 Å². The second-order valence-corrected chi connectivity index (χ2v) is 5.12. The first kappa shape index (κ1) is 11.5. The lowest BCUT2D eigenvalue weighted by atomic mass is 9.89. The zero-order valence-electron chi connectivity index (χ0n) is 9.47. The fourth-order valence-corrected chi connectivity index (χ4v) is 2.65. The number of nitrogens with two attached hydrogens (primary N) is 1. The van der Waals surface area contributed by atoms with Crippen LogP contribution in [0.2, 0.25) is 0 Å². The Kier molecular flexibility index (Phi) is 2.98. The topological polar surface area (TPSA) is 26.0 Å². The zero-order chi connectivity index (χ0) is 11.8. The normalized spacial score (nSPS) is 29.6. The Balaban J connectivity index is 2.17. The highest BCUT2D eigenvalue weighted by Gasteiger charge is 2.34. The van der Waals surface area contributed by atoms with E-state index in [0.29, 0.717) is 17.9 Å². The second-order valence-electron chi connectivity index (χ2n) is 5.12. The van der Waals surface area contributed by atoms with Gasteiger partial charge in [-0.05, 0) is 55.4 Å². The van der Waals surface area contributed by atoms with E-state index in [0.717, 1.165) is 25.3 Å². The van der Waals surface area contributed by atoms with E-state index < -0.39 is 5.82 Å². The largest absolute Gasteiger partial charge is 0.325 e. The molecule has 1 fully saturated rings. The average molecular weight is 225 g/mol. The molecule has 1 nitrogen and oxygen atoms in total. The molecule has 2 unspecified atom stereocenters. The fraction of sp³-hybridized carbons (Fsp3) is 0.538. The molecule has 0 aromatic heterocycles. The van der Waals surface area contributed by atoms with Gasteiger partial charge in [0.15, 0.2) is 0 Å². The highest BCUT2D eigenvalue weighted by Crippen LogP contribution is 2.35. The third-order valence-electron chi connectivity index (χ3n) is 3.44. The van der Waals surface area contributed by atoms with Gasteiger partial charge < -0.3 is 5.73 Å². The summed E-state index contributed by atoms with van der Waals surface area (Å²) in [6, 6.07) is 3.57. The van der Waals surface area contributed by atoms with E-state index in [1.165, 1.54) is 12.1 Å². The molecule has 1 aromatic carbocycles. The first-order valence-corrected chi connectivity index (χ1v) is 5.71. The Morgan fingerprint density at radius 3 is 2.81 bits per heavy atom. The van der Waals surface area contributed by atoms with Gasteiger partial charge in [0.25, 0.3) is 0 Å². The van der Waals surface area contributed by atoms with Gasteiger partial charge >= 0.3 is 0 Å². The highest BCUT2D eigenvalue weighted by molar-refractivity contribution is 5.21. The molecule has 0 radical (unpaired) electrons. The molecule has 16 heavy (non-hydrogen) atoms. The number of hydrogen-bond donors (Lipinski definition) is 1. The van der Waals surface area contributed by atoms with Crippen LogP contribution in [0.5, 0.6) is 0 Å². The van der Waals surface area contributed by atoms with Crippen molar-refractivity contribution in [1.82, 2.24) is 0 Å². The maximum Gasteiger partial charge on any atom is 0.126 e. The average Bonchev–Trinajstić information content (AvgIpc) is 2.52. The van der Waals surface area contributed by atoms with Crippen molar-refractivity contribution >= 4 is 0 Å². The first-order valence-electron chi connectivity index (χ1n) is 5.71. The molecule has 1 aromatic rings. The standard InChI is InChI=1S/C13H17F2N/c1-9-4-5-13(16,7-9)8-10-6-11(14)2-3-12(10)15/h2-3,6,9H,4-5,7-8,16H2,1H3. The van der Waals surface area contributed by atoms with Gasteiger partial charge in [0.2, 0.25) is 0 Å². The van der Waals surface area contributed by atoms with E-state index in [1.807, 2.05) is 0 Å². The lowest BCUT2D eigenvalue weighted by Gasteiger charge is -2.24. The Morgan fingerprint density at radius 2 is 2.19 bits per heavy atom. The van der Waals surface area contributed by atoms with E-state index in [1.54, 1.807) is 0 Å². The molecular weight excluding hydrogens is 208 g/mol. The van der Waals surface area contributed by atoms with E-state index in [4.69, 9.17) is 5.73 Å². The molecule has 0 heterocycles. The molecule has 1 aliphatic carbocycles. The third kappa shape index (κ3) is 2.40. The third-order valence-corrected chi connectivity index (χ3v) is 3.44. The minimum atomic E-state index is -0.397. The molecular formula is C13H17F2N. The van der Waals surface area contributed by atoms with Gasteiger partial charge in [-0.2, -0.15) is 0 Å². The summed E-state index contributed by atoms with van der Waals surface area (Å²) in [4.78, 5) is 0. The van der Waals surface area contributed by atoms with Gasteiger partial charge in [-0.1, -0.05) is 6.92 Å². The van der Waals surface area contributed by atoms with E-state index >= 15 is 0 Å². The van der Waals surface area contributed by atoms with Crippen LogP contribution in [0.15, 0.2) is 18.2 Å². The summed E-state index contributed by atoms with van der Waals surface area (Å²) in [5, 5.41) is 0. The van der Waals surface area contributed by atoms with E-state index in [2.05, 4.69) is 6.92 Å². The number of halogens is 2. The Bertz CT molecular complexity index is 392. The summed E-state index contributed by atoms with van der Waals surface area (Å²) in [6.07, 6.45) is 3.29. The number of benzene rings is 1. The van der Waals surface area contributed by atoms with Crippen LogP contribution in [-0.2, 0) is 6.42 Å². The second kappa shape index (κ2) is 4.13. The SMILES string of the molecule is CC1CCC(N)(Cc2cc(F)ccc2F)C1. The summed E-state index contributed by atoms with van der Waals surface area (Å²) in [6.45, 7) is 2.15. The Labute approximate surface area is 94.7 Å². The van der Waals surface area contributed by atoms with Gasteiger partial charge in [-0.25, -0.2) is 8.78 Å². The monoisotopic (exact) mass is 225 g/mol. The minimum absolute atomic E-state index is 0.353. The predicted octanol–water partition coefficient (Wildman–Crippen LogP) is 3.02. The molecule has 2 atom stereocenters. The van der Waals surface area contributed by atoms with Gasteiger partial charge in [-0.15, -0.1) is 0 Å². The Morgan fingerprint density at radius 1 is 1.44 bits per heavy atom. The quantitative estimate of drug-likeness (QED) is 0.822. The summed E-state index contributed by atoms with van der Waals surface area (Å²) in [5.74, 6) is -0.168. The van der Waals surface area contributed by atoms with Crippen LogP contribution in [0.3, 0.4) is 0 Å². The predicted molar refractivity (Wildman–Crippen MR) is 60.0 cm³/mol. The maximum atomic E-state index is 13.5. The Hall–Kier alpha value is -0.960. The van der Waals surface area contributed by atoms with Crippen molar-refractivity contribution < 1.29 is 8.78 Å². The van der Waals surface area contributed by atoms with Gasteiger partial charge in [0, 0.05) is 5.54 Å². The number of rotatable bonds is 2. The van der Waals surface area contributed by atoms with Crippen LogP contribution in [0.1, 0.15) is 31.7 Å². The van der Waals surface area contributed by atoms with E-state index in [9.17, 15) is 8.78 Å². The summed E-state index contributed by atoms with van der Waals surface area (Å²) in [7, 11) is 0. The van der Waals surface area contributed by atoms with Crippen molar-refractivity contribution in [3.05, 3.63) is 35.4 Å². The van der Waals surface area contributed by atoms with Crippen LogP contribution < -0.4 is 5.73 Å². The summed E-state index contributed by atoms with van der Waals surface area (Å²) < 4.78 is 26.5. The van der Waals surface area contributed by atoms with Gasteiger partial charge in [-0.3, -0.25) is 0 Å². The molecule has 2 N–H and O–H groups in total. The molecule has 2 rings (SSSR count). The molecule has 0 spiro atoms. The first-order chi connectivity index (χ1) is 7.48. The van der Waals surface area contributed by atoms with Crippen molar-refractivity contribution in [2.24, 2.45) is 11.7 Å². The smallest absolute Gasteiger partial charge is 0.126 e. The van der Waals surface area contributed by atoms with Crippen LogP contribution >= 0.6 is 0 Å². The van der Waals surface area contributed by atoms with Crippen LogP contribution in [0, 0.1) is 17.6 Å². The van der Waals surface area contributed by atoms with Crippen molar-refractivity contribution in [2.45, 2.75) is 38.1 Å². The zero-order valence-corrected chi connectivity index (χ0v) is 9.47. The van der Waals surface area contributed by atoms with Gasteiger partial charge in [0.05, 0.1) is 0 Å². The maximum absolute atomic E-state index is 13.5. The summed E-state index contributed by atoms with van der Waals surface area (Å²) in [5.41, 5.74) is 6.26. The molecule has 0 saturated heterocycles. The van der Waals surface area contributed by atoms with Crippen LogP contribution in [0.25, 0.3) is 0 Å². The molecule has 0 bridgehead atoms. The molecule has 88 valence electrons. The highest BCUT2D eigenvalue weighted by atomic mass is 19.1. The summed E-state index contributed by atoms with van der Waals surface area (Å²) >= 11 is 0. The molecule has 1 saturated carbocycles. The van der Waals surface area contributed by atoms with Crippen molar-refractivity contribution in [3.8, 4) is 0 Å². The minimum Gasteiger partial charge on any atom is -0.325 e. The lowest BCUT2D eigenvalue weighted by molar-refractivity contribution is 0.410. The van der Waals surface area contributed by atoms with Crippen molar-refractivity contribution in [2.75, 3.05) is 0 Å². The molecule has 0 amide bonds. The fourth-order valence-electron chi connectivity index (χ4n) is 2.65. The van der Waals surface area contributed by atoms with E-state index in [-0.39, 0.29) is 11.4 Å². The van der Waals surface area contributed by atoms with Crippen molar-refractivity contribution in [1.29, 1.82) is 0 Å². The molecule has 0 aliphatic heterocycles.